The molecule has 1 heterocycles. The van der Waals surface area contributed by atoms with Crippen molar-refractivity contribution in [2.75, 3.05) is 40.0 Å². The van der Waals surface area contributed by atoms with E-state index in [0.717, 1.165) is 51.0 Å². The third-order valence-corrected chi connectivity index (χ3v) is 6.08. The van der Waals surface area contributed by atoms with Crippen molar-refractivity contribution in [2.45, 2.75) is 44.9 Å². The molecule has 0 aromatic rings. The molecule has 5 nitrogen and oxygen atoms in total. The van der Waals surface area contributed by atoms with E-state index < -0.39 is 0 Å². The first-order chi connectivity index (χ1) is 10.7. The molecular formula is C17H32IN3O2. The lowest BCUT2D eigenvalue weighted by Gasteiger charge is -2.43. The summed E-state index contributed by atoms with van der Waals surface area (Å²) in [6, 6.07) is 0. The molecule has 3 fully saturated rings. The van der Waals surface area contributed by atoms with Crippen molar-refractivity contribution in [3.63, 3.8) is 0 Å². The maximum Gasteiger partial charge on any atom is 0.191 e. The quantitative estimate of drug-likeness (QED) is 0.325. The molecule has 2 aliphatic carbocycles. The van der Waals surface area contributed by atoms with Gasteiger partial charge >= 0.3 is 0 Å². The minimum absolute atomic E-state index is 0. The molecule has 0 aromatic carbocycles. The molecule has 0 amide bonds. The molecule has 1 aliphatic heterocycles. The van der Waals surface area contributed by atoms with Crippen LogP contribution in [0.15, 0.2) is 4.99 Å². The van der Waals surface area contributed by atoms with Gasteiger partial charge in [-0.1, -0.05) is 6.42 Å². The summed E-state index contributed by atoms with van der Waals surface area (Å²) in [7, 11) is 1.84. The van der Waals surface area contributed by atoms with Crippen LogP contribution >= 0.6 is 24.0 Å². The summed E-state index contributed by atoms with van der Waals surface area (Å²) in [5, 5.41) is 16.3. The van der Waals surface area contributed by atoms with Crippen LogP contribution < -0.4 is 10.6 Å². The monoisotopic (exact) mass is 437 g/mol. The van der Waals surface area contributed by atoms with Crippen LogP contribution in [0.3, 0.4) is 0 Å². The molecule has 3 rings (SSSR count). The molecule has 1 unspecified atom stereocenters. The van der Waals surface area contributed by atoms with Gasteiger partial charge in [0.25, 0.3) is 0 Å². The van der Waals surface area contributed by atoms with Crippen LogP contribution in [0.4, 0.5) is 0 Å². The highest BCUT2D eigenvalue weighted by atomic mass is 127. The van der Waals surface area contributed by atoms with Crippen LogP contribution in [0.5, 0.6) is 0 Å². The van der Waals surface area contributed by atoms with Gasteiger partial charge in [-0.2, -0.15) is 0 Å². The summed E-state index contributed by atoms with van der Waals surface area (Å²) in [6.45, 7) is 3.65. The van der Waals surface area contributed by atoms with Crippen LogP contribution in [-0.2, 0) is 4.74 Å². The summed E-state index contributed by atoms with van der Waals surface area (Å²) >= 11 is 0. The molecule has 23 heavy (non-hydrogen) atoms. The molecule has 134 valence electrons. The predicted molar refractivity (Wildman–Crippen MR) is 103 cm³/mol. The number of ether oxygens (including phenoxy) is 1. The van der Waals surface area contributed by atoms with Gasteiger partial charge in [-0.05, 0) is 49.9 Å². The number of aliphatic hydroxyl groups is 1. The molecule has 0 radical (unpaired) electrons. The van der Waals surface area contributed by atoms with Gasteiger partial charge < -0.3 is 20.5 Å². The summed E-state index contributed by atoms with van der Waals surface area (Å²) in [5.41, 5.74) is 0.619. The molecule has 3 aliphatic rings. The van der Waals surface area contributed by atoms with Crippen LogP contribution in [0.1, 0.15) is 44.9 Å². The zero-order valence-electron chi connectivity index (χ0n) is 14.3. The van der Waals surface area contributed by atoms with E-state index in [1.165, 1.54) is 32.1 Å². The van der Waals surface area contributed by atoms with Crippen LogP contribution in [0.25, 0.3) is 0 Å². The summed E-state index contributed by atoms with van der Waals surface area (Å²) in [5.74, 6) is 1.85. The Hall–Kier alpha value is -0.0800. The Labute approximate surface area is 157 Å². The maximum absolute atomic E-state index is 9.30. The Morgan fingerprint density at radius 2 is 1.96 bits per heavy atom. The fraction of sp³-hybridized carbons (Fsp3) is 0.941. The van der Waals surface area contributed by atoms with E-state index in [9.17, 15) is 5.11 Å². The number of aliphatic hydroxyl groups excluding tert-OH is 1. The number of hydrogen-bond acceptors (Lipinski definition) is 3. The summed E-state index contributed by atoms with van der Waals surface area (Å²) in [4.78, 5) is 4.37. The van der Waals surface area contributed by atoms with Crippen molar-refractivity contribution >= 4 is 29.9 Å². The lowest BCUT2D eigenvalue weighted by molar-refractivity contribution is 0.105. The molecule has 0 aromatic heterocycles. The number of guanidine groups is 1. The first kappa shape index (κ1) is 19.2. The number of nitrogens with zero attached hydrogens (tertiary/aromatic N) is 1. The van der Waals surface area contributed by atoms with Crippen molar-refractivity contribution in [2.24, 2.45) is 21.7 Å². The Bertz CT molecular complexity index is 403. The smallest absolute Gasteiger partial charge is 0.191 e. The van der Waals surface area contributed by atoms with E-state index in [-0.39, 0.29) is 36.0 Å². The number of rotatable bonds is 7. The normalized spacial score (nSPS) is 29.6. The largest absolute Gasteiger partial charge is 0.396 e. The molecule has 2 saturated carbocycles. The predicted octanol–water partition coefficient (Wildman–Crippen LogP) is 2.14. The number of nitrogens with one attached hydrogen (secondary N) is 2. The number of aliphatic imine (C=N–C) groups is 1. The molecule has 3 N–H and O–H groups in total. The van der Waals surface area contributed by atoms with Crippen molar-refractivity contribution in [3.8, 4) is 0 Å². The SMILES string of the molecule is CN=C(NCC1(CCO)CCOC1)NCC1(C2CC2)CCC1.I. The molecule has 0 spiro atoms. The van der Waals surface area contributed by atoms with Gasteiger partial charge in [0.15, 0.2) is 5.96 Å². The Morgan fingerprint density at radius 3 is 2.43 bits per heavy atom. The Morgan fingerprint density at radius 1 is 1.22 bits per heavy atom. The third-order valence-electron chi connectivity index (χ3n) is 6.08. The fourth-order valence-electron chi connectivity index (χ4n) is 4.12. The van der Waals surface area contributed by atoms with E-state index >= 15 is 0 Å². The summed E-state index contributed by atoms with van der Waals surface area (Å²) in [6.07, 6.45) is 8.80. The highest BCUT2D eigenvalue weighted by Crippen LogP contribution is 2.56. The van der Waals surface area contributed by atoms with Crippen LogP contribution in [0, 0.1) is 16.7 Å². The van der Waals surface area contributed by atoms with Gasteiger partial charge in [0.1, 0.15) is 0 Å². The Kier molecular flexibility index (Phi) is 6.98. The van der Waals surface area contributed by atoms with Gasteiger partial charge in [0.05, 0.1) is 6.61 Å². The average molecular weight is 437 g/mol. The highest BCUT2D eigenvalue weighted by Gasteiger charge is 2.48. The van der Waals surface area contributed by atoms with Crippen molar-refractivity contribution < 1.29 is 9.84 Å². The lowest BCUT2D eigenvalue weighted by atomic mass is 9.65. The van der Waals surface area contributed by atoms with Gasteiger partial charge in [-0.3, -0.25) is 4.99 Å². The van der Waals surface area contributed by atoms with Gasteiger partial charge in [-0.25, -0.2) is 0 Å². The van der Waals surface area contributed by atoms with E-state index in [1.54, 1.807) is 0 Å². The van der Waals surface area contributed by atoms with Crippen molar-refractivity contribution in [1.29, 1.82) is 0 Å². The summed E-state index contributed by atoms with van der Waals surface area (Å²) < 4.78 is 5.55. The molecular weight excluding hydrogens is 405 g/mol. The van der Waals surface area contributed by atoms with Gasteiger partial charge in [0.2, 0.25) is 0 Å². The molecule has 1 saturated heterocycles. The van der Waals surface area contributed by atoms with Gasteiger partial charge in [0, 0.05) is 38.8 Å². The number of halogens is 1. The minimum atomic E-state index is 0. The van der Waals surface area contributed by atoms with E-state index in [0.29, 0.717) is 5.41 Å². The first-order valence-corrected chi connectivity index (χ1v) is 8.85. The number of hydrogen-bond donors (Lipinski definition) is 3. The third kappa shape index (κ3) is 4.51. The Balaban J connectivity index is 0.00000192. The minimum Gasteiger partial charge on any atom is -0.396 e. The standard InChI is InChI=1S/C17H31N3O2.HI/c1-18-15(19-11-16(7-9-21)8-10-22-13-16)20-12-17(5-2-6-17)14-3-4-14;/h14,21H,2-13H2,1H3,(H2,18,19,20);1H. The molecule has 1 atom stereocenters. The second kappa shape index (κ2) is 8.34. The highest BCUT2D eigenvalue weighted by molar-refractivity contribution is 14.0. The molecule has 6 heteroatoms. The van der Waals surface area contributed by atoms with E-state index in [1.807, 2.05) is 7.05 Å². The second-order valence-electron chi connectivity index (χ2n) is 7.55. The zero-order chi connectivity index (χ0) is 15.5. The fourth-order valence-corrected chi connectivity index (χ4v) is 4.12. The van der Waals surface area contributed by atoms with E-state index in [2.05, 4.69) is 15.6 Å². The zero-order valence-corrected chi connectivity index (χ0v) is 16.6. The average Bonchev–Trinajstić information content (AvgIpc) is 3.22. The van der Waals surface area contributed by atoms with E-state index in [4.69, 9.17) is 4.74 Å². The van der Waals surface area contributed by atoms with Crippen LogP contribution in [0.2, 0.25) is 0 Å². The van der Waals surface area contributed by atoms with Crippen molar-refractivity contribution in [3.05, 3.63) is 0 Å². The van der Waals surface area contributed by atoms with Crippen LogP contribution in [-0.4, -0.2) is 51.0 Å². The second-order valence-corrected chi connectivity index (χ2v) is 7.55. The molecule has 0 bridgehead atoms. The maximum atomic E-state index is 9.30. The first-order valence-electron chi connectivity index (χ1n) is 8.85. The topological polar surface area (TPSA) is 65.9 Å². The lowest BCUT2D eigenvalue weighted by Crippen LogP contribution is -2.49. The van der Waals surface area contributed by atoms with Gasteiger partial charge in [-0.15, -0.1) is 24.0 Å². The van der Waals surface area contributed by atoms with Crippen molar-refractivity contribution in [1.82, 2.24) is 10.6 Å².